The number of carbonyl (C=O) groups excluding carboxylic acids is 1. The van der Waals surface area contributed by atoms with Gasteiger partial charge in [-0.2, -0.15) is 5.10 Å². The van der Waals surface area contributed by atoms with E-state index in [0.29, 0.717) is 43.1 Å². The molecule has 0 aliphatic heterocycles. The van der Waals surface area contributed by atoms with Gasteiger partial charge in [0.25, 0.3) is 0 Å². The number of carbonyl (C=O) groups is 1. The molecular formula is C26H31N3O5. The first kappa shape index (κ1) is 23.6. The van der Waals surface area contributed by atoms with Gasteiger partial charge < -0.3 is 24.6 Å². The van der Waals surface area contributed by atoms with E-state index in [1.54, 1.807) is 12.1 Å². The highest BCUT2D eigenvalue weighted by Crippen LogP contribution is 2.45. The number of aryl methyl sites for hydroxylation is 1. The molecule has 0 spiro atoms. The van der Waals surface area contributed by atoms with Gasteiger partial charge in [-0.15, -0.1) is 0 Å². The molecule has 2 N–H and O–H groups in total. The number of ether oxygens (including phenoxy) is 3. The van der Waals surface area contributed by atoms with E-state index in [1.807, 2.05) is 56.8 Å². The highest BCUT2D eigenvalue weighted by molar-refractivity contribution is 5.91. The maximum absolute atomic E-state index is 12.3. The maximum Gasteiger partial charge on any atom is 0.338 e. The Morgan fingerprint density at radius 3 is 2.74 bits per heavy atom. The van der Waals surface area contributed by atoms with Crippen molar-refractivity contribution in [2.45, 2.75) is 39.7 Å². The summed E-state index contributed by atoms with van der Waals surface area (Å²) in [5.41, 5.74) is 5.53. The van der Waals surface area contributed by atoms with Crippen molar-refractivity contribution in [1.82, 2.24) is 9.78 Å². The fraction of sp³-hybridized carbons (Fsp3) is 0.385. The summed E-state index contributed by atoms with van der Waals surface area (Å²) >= 11 is 0. The molecule has 0 unspecified atom stereocenters. The zero-order valence-electron chi connectivity index (χ0n) is 20.1. The van der Waals surface area contributed by atoms with Crippen LogP contribution in [0.25, 0.3) is 11.3 Å². The average molecular weight is 466 g/mol. The fourth-order valence-electron chi connectivity index (χ4n) is 4.10. The zero-order valence-corrected chi connectivity index (χ0v) is 20.1. The van der Waals surface area contributed by atoms with Crippen molar-refractivity contribution in [3.8, 4) is 22.8 Å². The Morgan fingerprint density at radius 2 is 2.00 bits per heavy atom. The SMILES string of the molecule is CCOc1cc2c(cc1OCCCO)-c1c(c(Nc3cccc(C(=O)OC(C)C)c3)nn1C)C2. The average Bonchev–Trinajstić information content (AvgIpc) is 3.31. The second-order valence-corrected chi connectivity index (χ2v) is 8.45. The molecule has 1 heterocycles. The van der Waals surface area contributed by atoms with Gasteiger partial charge in [-0.05, 0) is 56.7 Å². The van der Waals surface area contributed by atoms with Gasteiger partial charge in [0, 0.05) is 43.3 Å². The molecule has 1 aliphatic rings. The van der Waals surface area contributed by atoms with Crippen molar-refractivity contribution in [3.63, 3.8) is 0 Å². The molecule has 3 aromatic rings. The number of hydrogen-bond donors (Lipinski definition) is 2. The van der Waals surface area contributed by atoms with Crippen LogP contribution in [0.15, 0.2) is 36.4 Å². The molecule has 4 rings (SSSR count). The van der Waals surface area contributed by atoms with Crippen LogP contribution >= 0.6 is 0 Å². The van der Waals surface area contributed by atoms with E-state index < -0.39 is 0 Å². The normalized spacial score (nSPS) is 11.8. The second kappa shape index (κ2) is 10.2. The predicted molar refractivity (Wildman–Crippen MR) is 130 cm³/mol. The summed E-state index contributed by atoms with van der Waals surface area (Å²) in [6.45, 7) is 6.62. The Balaban J connectivity index is 1.63. The fourth-order valence-corrected chi connectivity index (χ4v) is 4.10. The number of esters is 1. The minimum Gasteiger partial charge on any atom is -0.490 e. The summed E-state index contributed by atoms with van der Waals surface area (Å²) in [6, 6.07) is 11.3. The lowest BCUT2D eigenvalue weighted by Crippen LogP contribution is -2.11. The standard InChI is InChI=1S/C26H31N3O5/c1-5-32-22-14-18-13-21-24(20(18)15-23(22)33-11-7-10-30)29(4)28-25(21)27-19-9-6-8-17(12-19)26(31)34-16(2)3/h6,8-9,12,14-16,30H,5,7,10-11,13H2,1-4H3,(H,27,28). The van der Waals surface area contributed by atoms with Crippen LogP contribution in [0.4, 0.5) is 11.5 Å². The molecule has 2 aromatic carbocycles. The van der Waals surface area contributed by atoms with Crippen LogP contribution in [0.2, 0.25) is 0 Å². The third kappa shape index (κ3) is 4.87. The zero-order chi connectivity index (χ0) is 24.2. The highest BCUT2D eigenvalue weighted by atomic mass is 16.5. The van der Waals surface area contributed by atoms with Crippen LogP contribution in [0.5, 0.6) is 11.5 Å². The molecule has 0 amide bonds. The van der Waals surface area contributed by atoms with E-state index in [2.05, 4.69) is 5.32 Å². The quantitative estimate of drug-likeness (QED) is 0.264. The highest BCUT2D eigenvalue weighted by Gasteiger charge is 2.29. The first-order valence-corrected chi connectivity index (χ1v) is 11.6. The Morgan fingerprint density at radius 1 is 1.21 bits per heavy atom. The predicted octanol–water partition coefficient (Wildman–Crippen LogP) is 4.46. The van der Waals surface area contributed by atoms with Crippen molar-refractivity contribution in [2.24, 2.45) is 7.05 Å². The van der Waals surface area contributed by atoms with Crippen LogP contribution in [0.3, 0.4) is 0 Å². The number of aliphatic hydroxyl groups is 1. The van der Waals surface area contributed by atoms with Crippen molar-refractivity contribution < 1.29 is 24.1 Å². The van der Waals surface area contributed by atoms with Gasteiger partial charge >= 0.3 is 5.97 Å². The van der Waals surface area contributed by atoms with Gasteiger partial charge in [0.15, 0.2) is 17.3 Å². The molecule has 0 saturated carbocycles. The van der Waals surface area contributed by atoms with Gasteiger partial charge in [0.2, 0.25) is 0 Å². The number of nitrogens with zero attached hydrogens (tertiary/aromatic N) is 2. The van der Waals surface area contributed by atoms with Crippen LogP contribution in [-0.2, 0) is 18.2 Å². The summed E-state index contributed by atoms with van der Waals surface area (Å²) in [7, 11) is 1.91. The van der Waals surface area contributed by atoms with E-state index >= 15 is 0 Å². The van der Waals surface area contributed by atoms with E-state index in [-0.39, 0.29) is 18.7 Å². The Kier molecular flexibility index (Phi) is 7.07. The number of rotatable bonds is 10. The van der Waals surface area contributed by atoms with E-state index in [1.165, 1.54) is 0 Å². The second-order valence-electron chi connectivity index (χ2n) is 8.45. The van der Waals surface area contributed by atoms with Gasteiger partial charge in [0.1, 0.15) is 0 Å². The lowest BCUT2D eigenvalue weighted by atomic mass is 10.1. The summed E-state index contributed by atoms with van der Waals surface area (Å²) in [6.07, 6.45) is 1.07. The molecule has 0 atom stereocenters. The smallest absolute Gasteiger partial charge is 0.338 e. The molecule has 0 bridgehead atoms. The summed E-state index contributed by atoms with van der Waals surface area (Å²) in [5.74, 6) is 1.75. The van der Waals surface area contributed by atoms with Gasteiger partial charge in [-0.25, -0.2) is 4.79 Å². The van der Waals surface area contributed by atoms with Crippen LogP contribution in [0.1, 0.15) is 48.7 Å². The Labute approximate surface area is 199 Å². The van der Waals surface area contributed by atoms with Gasteiger partial charge in [-0.3, -0.25) is 4.68 Å². The van der Waals surface area contributed by atoms with Crippen molar-refractivity contribution in [3.05, 3.63) is 53.1 Å². The molecular weight excluding hydrogens is 434 g/mol. The molecule has 8 heteroatoms. The molecule has 8 nitrogen and oxygen atoms in total. The van der Waals surface area contributed by atoms with E-state index in [9.17, 15) is 4.79 Å². The Bertz CT molecular complexity index is 1190. The summed E-state index contributed by atoms with van der Waals surface area (Å²) in [4.78, 5) is 12.3. The van der Waals surface area contributed by atoms with Crippen LogP contribution in [0, 0.1) is 0 Å². The van der Waals surface area contributed by atoms with Crippen molar-refractivity contribution in [2.75, 3.05) is 25.1 Å². The molecule has 34 heavy (non-hydrogen) atoms. The molecule has 0 fully saturated rings. The molecule has 1 aromatic heterocycles. The van der Waals surface area contributed by atoms with E-state index in [0.717, 1.165) is 33.9 Å². The van der Waals surface area contributed by atoms with Crippen LogP contribution in [-0.4, -0.2) is 46.8 Å². The largest absolute Gasteiger partial charge is 0.490 e. The number of benzene rings is 2. The minimum absolute atomic E-state index is 0.0756. The first-order valence-electron chi connectivity index (χ1n) is 11.6. The number of fused-ring (bicyclic) bond motifs is 3. The van der Waals surface area contributed by atoms with Crippen LogP contribution < -0.4 is 14.8 Å². The Hall–Kier alpha value is -3.52. The first-order chi connectivity index (χ1) is 16.4. The minimum atomic E-state index is -0.352. The third-order valence-corrected chi connectivity index (χ3v) is 5.50. The van der Waals surface area contributed by atoms with Gasteiger partial charge in [-0.1, -0.05) is 6.07 Å². The monoisotopic (exact) mass is 465 g/mol. The van der Waals surface area contributed by atoms with Crippen molar-refractivity contribution in [1.29, 1.82) is 0 Å². The summed E-state index contributed by atoms with van der Waals surface area (Å²) in [5, 5.41) is 17.2. The molecule has 180 valence electrons. The molecule has 0 radical (unpaired) electrons. The van der Waals surface area contributed by atoms with Gasteiger partial charge in [0.05, 0.1) is 30.6 Å². The van der Waals surface area contributed by atoms with Crippen molar-refractivity contribution >= 4 is 17.5 Å². The lowest BCUT2D eigenvalue weighted by molar-refractivity contribution is 0.0378. The number of aromatic nitrogens is 2. The third-order valence-electron chi connectivity index (χ3n) is 5.50. The number of anilines is 2. The number of aliphatic hydroxyl groups excluding tert-OH is 1. The van der Waals surface area contributed by atoms with E-state index in [4.69, 9.17) is 24.4 Å². The molecule has 0 saturated heterocycles. The lowest BCUT2D eigenvalue weighted by Gasteiger charge is -2.14. The number of hydrogen-bond acceptors (Lipinski definition) is 7. The molecule has 1 aliphatic carbocycles. The summed E-state index contributed by atoms with van der Waals surface area (Å²) < 4.78 is 18.9. The topological polar surface area (TPSA) is 94.8 Å². The number of nitrogens with one attached hydrogen (secondary N) is 1. The maximum atomic E-state index is 12.3.